The minimum atomic E-state index is -1.14. The summed E-state index contributed by atoms with van der Waals surface area (Å²) in [7, 11) is 0. The van der Waals surface area contributed by atoms with Gasteiger partial charge in [0.25, 0.3) is 0 Å². The molecule has 5 nitrogen and oxygen atoms in total. The molecule has 3 rings (SSSR count). The SMILES string of the molecule is N#Cc1cccc(-c2cc(C(=O)O)nn2C2=CC=C(F)CC2)c1. The van der Waals surface area contributed by atoms with Crippen molar-refractivity contribution in [1.82, 2.24) is 9.78 Å². The smallest absolute Gasteiger partial charge is 0.356 e. The van der Waals surface area contributed by atoms with E-state index in [-0.39, 0.29) is 17.9 Å². The molecular formula is C17H12FN3O2. The number of nitrogens with zero attached hydrogens (tertiary/aromatic N) is 3. The molecule has 0 spiro atoms. The van der Waals surface area contributed by atoms with E-state index in [1.165, 1.54) is 16.8 Å². The van der Waals surface area contributed by atoms with Crippen molar-refractivity contribution < 1.29 is 14.3 Å². The first-order chi connectivity index (χ1) is 11.1. The molecule has 0 unspecified atom stereocenters. The normalized spacial score (nSPS) is 13.9. The number of nitriles is 1. The summed E-state index contributed by atoms with van der Waals surface area (Å²) in [6.45, 7) is 0. The van der Waals surface area contributed by atoms with E-state index in [1.54, 1.807) is 30.3 Å². The molecule has 0 amide bonds. The number of halogens is 1. The molecular weight excluding hydrogens is 297 g/mol. The number of rotatable bonds is 3. The van der Waals surface area contributed by atoms with Crippen molar-refractivity contribution in [2.24, 2.45) is 0 Å². The number of aromatic carboxylic acids is 1. The first-order valence-electron chi connectivity index (χ1n) is 6.98. The summed E-state index contributed by atoms with van der Waals surface area (Å²) in [6.07, 6.45) is 3.63. The number of benzene rings is 1. The van der Waals surface area contributed by atoms with Gasteiger partial charge in [0, 0.05) is 17.7 Å². The standard InChI is InChI=1S/C17H12FN3O2/c18-13-4-6-14(7-5-13)21-16(9-15(20-21)17(22)23)12-3-1-2-11(8-12)10-19/h1-4,6,8-9H,5,7H2,(H,22,23). The number of hydrogen-bond donors (Lipinski definition) is 1. The van der Waals surface area contributed by atoms with Gasteiger partial charge in [-0.2, -0.15) is 10.4 Å². The molecule has 1 aromatic carbocycles. The van der Waals surface area contributed by atoms with Crippen LogP contribution in [0.4, 0.5) is 4.39 Å². The third-order valence-corrected chi connectivity index (χ3v) is 3.56. The Hall–Kier alpha value is -3.20. The van der Waals surface area contributed by atoms with E-state index in [0.29, 0.717) is 28.9 Å². The van der Waals surface area contributed by atoms with Gasteiger partial charge >= 0.3 is 5.97 Å². The van der Waals surface area contributed by atoms with E-state index >= 15 is 0 Å². The van der Waals surface area contributed by atoms with Crippen molar-refractivity contribution in [2.45, 2.75) is 12.8 Å². The summed E-state index contributed by atoms with van der Waals surface area (Å²) in [4.78, 5) is 11.2. The molecule has 0 atom stereocenters. The van der Waals surface area contributed by atoms with Crippen molar-refractivity contribution in [3.8, 4) is 17.3 Å². The fourth-order valence-electron chi connectivity index (χ4n) is 2.44. The van der Waals surface area contributed by atoms with Crippen LogP contribution in [0.5, 0.6) is 0 Å². The van der Waals surface area contributed by atoms with Gasteiger partial charge in [0.1, 0.15) is 5.83 Å². The second-order valence-electron chi connectivity index (χ2n) is 5.10. The lowest BCUT2D eigenvalue weighted by Gasteiger charge is -2.14. The highest BCUT2D eigenvalue weighted by molar-refractivity contribution is 5.87. The van der Waals surface area contributed by atoms with Crippen molar-refractivity contribution in [3.63, 3.8) is 0 Å². The zero-order valence-electron chi connectivity index (χ0n) is 12.0. The molecule has 1 heterocycles. The summed E-state index contributed by atoms with van der Waals surface area (Å²) in [5.41, 5.74) is 2.31. The Morgan fingerprint density at radius 1 is 1.30 bits per heavy atom. The zero-order chi connectivity index (χ0) is 16.4. The van der Waals surface area contributed by atoms with Crippen LogP contribution in [-0.4, -0.2) is 20.9 Å². The maximum atomic E-state index is 13.2. The van der Waals surface area contributed by atoms with Crippen LogP contribution in [0.25, 0.3) is 17.0 Å². The van der Waals surface area contributed by atoms with Crippen LogP contribution in [0.2, 0.25) is 0 Å². The van der Waals surface area contributed by atoms with Crippen LogP contribution in [0.15, 0.2) is 48.3 Å². The van der Waals surface area contributed by atoms with Gasteiger partial charge in [0.05, 0.1) is 17.3 Å². The van der Waals surface area contributed by atoms with Crippen LogP contribution in [0.1, 0.15) is 28.9 Å². The van der Waals surface area contributed by atoms with Gasteiger partial charge < -0.3 is 5.11 Å². The highest BCUT2D eigenvalue weighted by Gasteiger charge is 2.18. The molecule has 1 N–H and O–H groups in total. The fourth-order valence-corrected chi connectivity index (χ4v) is 2.44. The molecule has 114 valence electrons. The van der Waals surface area contributed by atoms with Gasteiger partial charge in [-0.05, 0) is 36.8 Å². The van der Waals surface area contributed by atoms with Gasteiger partial charge in [0.15, 0.2) is 5.69 Å². The molecule has 6 heteroatoms. The number of carboxylic acids is 1. The minimum Gasteiger partial charge on any atom is -0.476 e. The molecule has 1 aliphatic rings. The number of carboxylic acid groups (broad SMARTS) is 1. The molecule has 23 heavy (non-hydrogen) atoms. The predicted octanol–water partition coefficient (Wildman–Crippen LogP) is 3.61. The van der Waals surface area contributed by atoms with E-state index in [1.807, 2.05) is 0 Å². The Labute approximate surface area is 131 Å². The van der Waals surface area contributed by atoms with Gasteiger partial charge in [-0.15, -0.1) is 0 Å². The topological polar surface area (TPSA) is 78.9 Å². The van der Waals surface area contributed by atoms with Gasteiger partial charge in [0.2, 0.25) is 0 Å². The van der Waals surface area contributed by atoms with Crippen LogP contribution >= 0.6 is 0 Å². The first kappa shape index (κ1) is 14.7. The van der Waals surface area contributed by atoms with E-state index in [4.69, 9.17) is 5.26 Å². The second-order valence-corrected chi connectivity index (χ2v) is 5.10. The Bertz CT molecular complexity index is 887. The van der Waals surface area contributed by atoms with E-state index in [2.05, 4.69) is 11.2 Å². The molecule has 0 radical (unpaired) electrons. The van der Waals surface area contributed by atoms with Gasteiger partial charge in [-0.1, -0.05) is 12.1 Å². The lowest BCUT2D eigenvalue weighted by molar-refractivity contribution is 0.0690. The average Bonchev–Trinajstić information content (AvgIpc) is 3.01. The fraction of sp³-hybridized carbons (Fsp3) is 0.118. The average molecular weight is 309 g/mol. The third kappa shape index (κ3) is 2.90. The van der Waals surface area contributed by atoms with Crippen LogP contribution in [0.3, 0.4) is 0 Å². The van der Waals surface area contributed by atoms with Crippen LogP contribution < -0.4 is 0 Å². The minimum absolute atomic E-state index is 0.0988. The number of hydrogen-bond acceptors (Lipinski definition) is 3. The largest absolute Gasteiger partial charge is 0.476 e. The maximum Gasteiger partial charge on any atom is 0.356 e. The summed E-state index contributed by atoms with van der Waals surface area (Å²) in [6, 6.07) is 10.3. The van der Waals surface area contributed by atoms with Crippen LogP contribution in [-0.2, 0) is 0 Å². The van der Waals surface area contributed by atoms with Crippen molar-refractivity contribution in [3.05, 3.63) is 59.6 Å². The third-order valence-electron chi connectivity index (χ3n) is 3.56. The van der Waals surface area contributed by atoms with E-state index < -0.39 is 5.97 Å². The Morgan fingerprint density at radius 2 is 2.13 bits per heavy atom. The summed E-state index contributed by atoms with van der Waals surface area (Å²) in [5, 5.41) is 22.3. The molecule has 0 bridgehead atoms. The zero-order valence-corrected chi connectivity index (χ0v) is 12.0. The second kappa shape index (κ2) is 5.89. The summed E-state index contributed by atoms with van der Waals surface area (Å²) >= 11 is 0. The molecule has 0 saturated carbocycles. The maximum absolute atomic E-state index is 13.2. The lowest BCUT2D eigenvalue weighted by Crippen LogP contribution is -2.06. The highest BCUT2D eigenvalue weighted by Crippen LogP contribution is 2.29. The van der Waals surface area contributed by atoms with Crippen molar-refractivity contribution >= 4 is 11.7 Å². The Kier molecular flexibility index (Phi) is 3.77. The quantitative estimate of drug-likeness (QED) is 0.939. The molecule has 2 aromatic rings. The van der Waals surface area contributed by atoms with Crippen molar-refractivity contribution in [1.29, 1.82) is 5.26 Å². The Morgan fingerprint density at radius 3 is 2.78 bits per heavy atom. The molecule has 0 saturated heterocycles. The Balaban J connectivity index is 2.16. The molecule has 1 aliphatic carbocycles. The lowest BCUT2D eigenvalue weighted by atomic mass is 10.1. The number of allylic oxidation sites excluding steroid dienone is 4. The summed E-state index contributed by atoms with van der Waals surface area (Å²) in [5.74, 6) is -1.35. The summed E-state index contributed by atoms with van der Waals surface area (Å²) < 4.78 is 14.7. The van der Waals surface area contributed by atoms with Gasteiger partial charge in [-0.3, -0.25) is 0 Å². The molecule has 0 fully saturated rings. The monoisotopic (exact) mass is 309 g/mol. The van der Waals surface area contributed by atoms with E-state index in [0.717, 1.165) is 0 Å². The number of aromatic nitrogens is 2. The highest BCUT2D eigenvalue weighted by atomic mass is 19.1. The number of carbonyl (C=O) groups is 1. The molecule has 1 aromatic heterocycles. The van der Waals surface area contributed by atoms with Gasteiger partial charge in [-0.25, -0.2) is 13.9 Å². The molecule has 0 aliphatic heterocycles. The van der Waals surface area contributed by atoms with Crippen molar-refractivity contribution in [2.75, 3.05) is 0 Å². The predicted molar refractivity (Wildman–Crippen MR) is 82.0 cm³/mol. The van der Waals surface area contributed by atoms with Crippen LogP contribution in [0, 0.1) is 11.3 Å². The first-order valence-corrected chi connectivity index (χ1v) is 6.98. The van der Waals surface area contributed by atoms with E-state index in [9.17, 15) is 14.3 Å².